The molecule has 0 aromatic heterocycles. The van der Waals surface area contributed by atoms with Gasteiger partial charge in [0.1, 0.15) is 16.9 Å². The quantitative estimate of drug-likeness (QED) is 0.477. The standard InChI is InChI=1S/C12H15NO5/c1-3-17-11(15)9-7(13)5-6-8(14)10(9)12(16)18-4-2/h5-6,14H,3-4,13H2,1-2H3. The van der Waals surface area contributed by atoms with Crippen LogP contribution in [0.2, 0.25) is 0 Å². The van der Waals surface area contributed by atoms with Crippen LogP contribution in [0.25, 0.3) is 0 Å². The van der Waals surface area contributed by atoms with Crippen LogP contribution in [-0.4, -0.2) is 30.3 Å². The lowest BCUT2D eigenvalue weighted by Gasteiger charge is -2.12. The second kappa shape index (κ2) is 5.90. The fourth-order valence-corrected chi connectivity index (χ4v) is 1.44. The minimum absolute atomic E-state index is 0.0503. The third-order valence-electron chi connectivity index (χ3n) is 2.17. The van der Waals surface area contributed by atoms with Gasteiger partial charge in [-0.25, -0.2) is 9.59 Å². The number of rotatable bonds is 4. The Morgan fingerprint density at radius 3 is 2.11 bits per heavy atom. The molecule has 0 saturated heterocycles. The lowest BCUT2D eigenvalue weighted by atomic mass is 10.0. The molecule has 6 heteroatoms. The van der Waals surface area contributed by atoms with Crippen molar-refractivity contribution >= 4 is 17.6 Å². The van der Waals surface area contributed by atoms with E-state index in [2.05, 4.69) is 0 Å². The molecule has 0 heterocycles. The van der Waals surface area contributed by atoms with Gasteiger partial charge in [0.05, 0.1) is 13.2 Å². The molecule has 0 fully saturated rings. The number of phenols is 1. The number of anilines is 1. The average molecular weight is 253 g/mol. The maximum Gasteiger partial charge on any atom is 0.342 e. The van der Waals surface area contributed by atoms with Crippen molar-refractivity contribution in [3.05, 3.63) is 23.3 Å². The zero-order valence-electron chi connectivity index (χ0n) is 10.2. The molecule has 6 nitrogen and oxygen atoms in total. The highest BCUT2D eigenvalue weighted by atomic mass is 16.5. The van der Waals surface area contributed by atoms with Crippen LogP contribution in [0.4, 0.5) is 5.69 Å². The zero-order chi connectivity index (χ0) is 13.7. The molecule has 0 aliphatic carbocycles. The Balaban J connectivity index is 3.33. The molecule has 1 aromatic carbocycles. The summed E-state index contributed by atoms with van der Waals surface area (Å²) < 4.78 is 9.57. The van der Waals surface area contributed by atoms with Crippen molar-refractivity contribution < 1.29 is 24.2 Å². The maximum atomic E-state index is 11.7. The molecule has 0 atom stereocenters. The number of carbonyl (C=O) groups is 2. The van der Waals surface area contributed by atoms with E-state index >= 15 is 0 Å². The first-order chi connectivity index (χ1) is 8.52. The van der Waals surface area contributed by atoms with Gasteiger partial charge >= 0.3 is 11.9 Å². The Bertz CT molecular complexity index is 427. The summed E-state index contributed by atoms with van der Waals surface area (Å²) in [5.74, 6) is -1.95. The summed E-state index contributed by atoms with van der Waals surface area (Å²) in [6.45, 7) is 3.50. The van der Waals surface area contributed by atoms with Crippen LogP contribution in [0.5, 0.6) is 5.75 Å². The van der Waals surface area contributed by atoms with E-state index in [9.17, 15) is 14.7 Å². The van der Waals surface area contributed by atoms with Gasteiger partial charge in [0.25, 0.3) is 0 Å². The van der Waals surface area contributed by atoms with Gasteiger partial charge in [0, 0.05) is 5.69 Å². The molecule has 0 amide bonds. The number of nitrogens with two attached hydrogens (primary N) is 1. The number of hydrogen-bond acceptors (Lipinski definition) is 6. The Labute approximate surface area is 104 Å². The van der Waals surface area contributed by atoms with Crippen molar-refractivity contribution in [2.45, 2.75) is 13.8 Å². The molecule has 0 saturated carbocycles. The third kappa shape index (κ3) is 2.71. The molecule has 0 radical (unpaired) electrons. The molecule has 1 rings (SSSR count). The van der Waals surface area contributed by atoms with Crippen LogP contribution in [-0.2, 0) is 9.47 Å². The van der Waals surface area contributed by atoms with Crippen LogP contribution in [0, 0.1) is 0 Å². The van der Waals surface area contributed by atoms with Gasteiger partial charge < -0.3 is 20.3 Å². The Kier molecular flexibility index (Phi) is 4.53. The summed E-state index contributed by atoms with van der Waals surface area (Å²) in [4.78, 5) is 23.4. The van der Waals surface area contributed by atoms with E-state index in [-0.39, 0.29) is 35.8 Å². The molecule has 0 aliphatic rings. The van der Waals surface area contributed by atoms with E-state index < -0.39 is 11.9 Å². The van der Waals surface area contributed by atoms with Crippen molar-refractivity contribution in [3.8, 4) is 5.75 Å². The van der Waals surface area contributed by atoms with E-state index in [1.165, 1.54) is 12.1 Å². The fourth-order valence-electron chi connectivity index (χ4n) is 1.44. The smallest absolute Gasteiger partial charge is 0.342 e. The van der Waals surface area contributed by atoms with Crippen molar-refractivity contribution in [3.63, 3.8) is 0 Å². The number of phenolic OH excluding ortho intramolecular Hbond substituents is 1. The van der Waals surface area contributed by atoms with E-state index in [1.54, 1.807) is 13.8 Å². The van der Waals surface area contributed by atoms with Gasteiger partial charge in [-0.3, -0.25) is 0 Å². The molecule has 18 heavy (non-hydrogen) atoms. The maximum absolute atomic E-state index is 11.7. The monoisotopic (exact) mass is 253 g/mol. The molecule has 0 spiro atoms. The third-order valence-corrected chi connectivity index (χ3v) is 2.17. The van der Waals surface area contributed by atoms with Gasteiger partial charge in [-0.15, -0.1) is 0 Å². The normalized spacial score (nSPS) is 9.89. The van der Waals surface area contributed by atoms with Crippen molar-refractivity contribution in [2.24, 2.45) is 0 Å². The molecule has 98 valence electrons. The number of esters is 2. The number of aromatic hydroxyl groups is 1. The lowest BCUT2D eigenvalue weighted by Crippen LogP contribution is -2.16. The second-order valence-corrected chi connectivity index (χ2v) is 3.36. The minimum atomic E-state index is -0.814. The summed E-state index contributed by atoms with van der Waals surface area (Å²) in [6.07, 6.45) is 0. The number of nitrogen functional groups attached to an aromatic ring is 1. The Morgan fingerprint density at radius 2 is 1.61 bits per heavy atom. The van der Waals surface area contributed by atoms with Gasteiger partial charge in [0.15, 0.2) is 0 Å². The number of ether oxygens (including phenoxy) is 2. The van der Waals surface area contributed by atoms with Gasteiger partial charge in [-0.2, -0.15) is 0 Å². The van der Waals surface area contributed by atoms with Crippen molar-refractivity contribution in [1.29, 1.82) is 0 Å². The van der Waals surface area contributed by atoms with Crippen molar-refractivity contribution in [2.75, 3.05) is 18.9 Å². The molecular formula is C12H15NO5. The Hall–Kier alpha value is -2.24. The number of carbonyl (C=O) groups excluding carboxylic acids is 2. The van der Waals surface area contributed by atoms with Gasteiger partial charge in [-0.05, 0) is 26.0 Å². The summed E-state index contributed by atoms with van der Waals surface area (Å²) in [5.41, 5.74) is 5.25. The topological polar surface area (TPSA) is 98.9 Å². The molecule has 0 unspecified atom stereocenters. The highest BCUT2D eigenvalue weighted by molar-refractivity contribution is 6.08. The number of benzene rings is 1. The first kappa shape index (κ1) is 13.8. The predicted octanol–water partition coefficient (Wildman–Crippen LogP) is 1.33. The predicted molar refractivity (Wildman–Crippen MR) is 64.4 cm³/mol. The first-order valence-electron chi connectivity index (χ1n) is 5.48. The zero-order valence-corrected chi connectivity index (χ0v) is 10.2. The molecule has 0 bridgehead atoms. The van der Waals surface area contributed by atoms with Crippen LogP contribution >= 0.6 is 0 Å². The number of hydrogen-bond donors (Lipinski definition) is 2. The largest absolute Gasteiger partial charge is 0.507 e. The molecule has 3 N–H and O–H groups in total. The average Bonchev–Trinajstić information content (AvgIpc) is 2.32. The minimum Gasteiger partial charge on any atom is -0.507 e. The first-order valence-corrected chi connectivity index (χ1v) is 5.48. The van der Waals surface area contributed by atoms with E-state index in [0.717, 1.165) is 0 Å². The van der Waals surface area contributed by atoms with E-state index in [1.807, 2.05) is 0 Å². The van der Waals surface area contributed by atoms with Crippen LogP contribution in [0.1, 0.15) is 34.6 Å². The molecule has 0 aliphatic heterocycles. The molecule has 1 aromatic rings. The summed E-state index contributed by atoms with van der Waals surface area (Å²) in [7, 11) is 0. The molecular weight excluding hydrogens is 238 g/mol. The van der Waals surface area contributed by atoms with Crippen molar-refractivity contribution in [1.82, 2.24) is 0 Å². The van der Waals surface area contributed by atoms with Crippen LogP contribution < -0.4 is 5.73 Å². The van der Waals surface area contributed by atoms with Gasteiger partial charge in [0.2, 0.25) is 0 Å². The highest BCUT2D eigenvalue weighted by Gasteiger charge is 2.25. The van der Waals surface area contributed by atoms with Crippen LogP contribution in [0.3, 0.4) is 0 Å². The van der Waals surface area contributed by atoms with E-state index in [4.69, 9.17) is 15.2 Å². The summed E-state index contributed by atoms with van der Waals surface area (Å²) in [5, 5.41) is 9.67. The lowest BCUT2D eigenvalue weighted by molar-refractivity contribution is 0.0476. The summed E-state index contributed by atoms with van der Waals surface area (Å²) >= 11 is 0. The van der Waals surface area contributed by atoms with Gasteiger partial charge in [-0.1, -0.05) is 0 Å². The van der Waals surface area contributed by atoms with E-state index in [0.29, 0.717) is 0 Å². The SMILES string of the molecule is CCOC(=O)c1c(N)ccc(O)c1C(=O)OCC. The second-order valence-electron chi connectivity index (χ2n) is 3.36. The highest BCUT2D eigenvalue weighted by Crippen LogP contribution is 2.27. The van der Waals surface area contributed by atoms with Crippen LogP contribution in [0.15, 0.2) is 12.1 Å². The summed E-state index contributed by atoms with van der Waals surface area (Å²) in [6, 6.07) is 2.55. The fraction of sp³-hybridized carbons (Fsp3) is 0.333. The Morgan fingerprint density at radius 1 is 1.11 bits per heavy atom.